The number of hydrogen-bond donors (Lipinski definition) is 2. The van der Waals surface area contributed by atoms with Crippen LogP contribution >= 0.6 is 0 Å². The second-order valence-corrected chi connectivity index (χ2v) is 8.42. The molecule has 0 saturated heterocycles. The fraction of sp³-hybridized carbons (Fsp3) is 0.889. The number of alkyl carbamates (subject to hydrolysis) is 2. The van der Waals surface area contributed by atoms with Crippen molar-refractivity contribution in [3.8, 4) is 0 Å². The molecule has 0 aromatic carbocycles. The zero-order chi connectivity index (χ0) is 19.0. The Kier molecular flexibility index (Phi) is 9.15. The first-order chi connectivity index (χ1) is 10.8. The summed E-state index contributed by atoms with van der Waals surface area (Å²) in [4.78, 5) is 23.4. The monoisotopic (exact) mass is 344 g/mol. The Balaban J connectivity index is 4.07. The van der Waals surface area contributed by atoms with Crippen LogP contribution in [0, 0.1) is 5.92 Å². The highest BCUT2D eigenvalue weighted by Crippen LogP contribution is 2.13. The number of hydrogen-bond acceptors (Lipinski definition) is 4. The summed E-state index contributed by atoms with van der Waals surface area (Å²) in [5.41, 5.74) is -0.979. The van der Waals surface area contributed by atoms with E-state index in [2.05, 4.69) is 24.5 Å². The molecule has 6 heteroatoms. The molecule has 0 radical (unpaired) electrons. The Bertz CT molecular complexity index is 395. The first-order valence-electron chi connectivity index (χ1n) is 8.76. The Morgan fingerprint density at radius 2 is 1.38 bits per heavy atom. The van der Waals surface area contributed by atoms with Gasteiger partial charge in [0.15, 0.2) is 0 Å². The molecular weight excluding hydrogens is 308 g/mol. The molecule has 0 bridgehead atoms. The molecule has 1 atom stereocenters. The minimum atomic E-state index is -0.497. The minimum absolute atomic E-state index is 0.0568. The number of ether oxygens (including phenoxy) is 2. The number of rotatable bonds is 7. The molecule has 0 aromatic rings. The van der Waals surface area contributed by atoms with Crippen molar-refractivity contribution in [2.24, 2.45) is 5.92 Å². The number of carbonyl (C=O) groups excluding carboxylic acids is 2. The minimum Gasteiger partial charge on any atom is -0.444 e. The molecule has 0 rings (SSSR count). The summed E-state index contributed by atoms with van der Waals surface area (Å²) >= 11 is 0. The third-order valence-corrected chi connectivity index (χ3v) is 3.12. The Hall–Kier alpha value is -1.46. The number of unbranched alkanes of at least 4 members (excludes halogenated alkanes) is 1. The third kappa shape index (κ3) is 13.0. The molecule has 2 N–H and O–H groups in total. The summed E-state index contributed by atoms with van der Waals surface area (Å²) < 4.78 is 10.5. The molecular formula is C18H36N2O4. The lowest BCUT2D eigenvalue weighted by atomic mass is 9.98. The van der Waals surface area contributed by atoms with Gasteiger partial charge in [-0.25, -0.2) is 9.59 Å². The van der Waals surface area contributed by atoms with Gasteiger partial charge in [-0.15, -0.1) is 0 Å². The van der Waals surface area contributed by atoms with Crippen molar-refractivity contribution < 1.29 is 19.1 Å². The first-order valence-corrected chi connectivity index (χ1v) is 8.76. The maximum absolute atomic E-state index is 11.9. The van der Waals surface area contributed by atoms with Gasteiger partial charge in [-0.3, -0.25) is 0 Å². The van der Waals surface area contributed by atoms with E-state index in [1.165, 1.54) is 0 Å². The van der Waals surface area contributed by atoms with Gasteiger partial charge < -0.3 is 20.1 Å². The zero-order valence-corrected chi connectivity index (χ0v) is 16.6. The molecule has 0 aromatic heterocycles. The molecule has 142 valence electrons. The van der Waals surface area contributed by atoms with Crippen LogP contribution in [0.15, 0.2) is 0 Å². The number of nitrogens with one attached hydrogen (secondary N) is 2. The van der Waals surface area contributed by atoms with E-state index >= 15 is 0 Å². The Morgan fingerprint density at radius 3 is 1.83 bits per heavy atom. The molecule has 1 unspecified atom stereocenters. The molecule has 6 nitrogen and oxygen atoms in total. The van der Waals surface area contributed by atoms with E-state index in [1.807, 2.05) is 41.5 Å². The largest absolute Gasteiger partial charge is 0.444 e. The third-order valence-electron chi connectivity index (χ3n) is 3.12. The van der Waals surface area contributed by atoms with Crippen molar-refractivity contribution in [3.63, 3.8) is 0 Å². The zero-order valence-electron chi connectivity index (χ0n) is 16.6. The molecule has 24 heavy (non-hydrogen) atoms. The van der Waals surface area contributed by atoms with Crippen LogP contribution in [0.2, 0.25) is 0 Å². The van der Waals surface area contributed by atoms with E-state index < -0.39 is 17.3 Å². The van der Waals surface area contributed by atoms with Gasteiger partial charge in [0.1, 0.15) is 11.2 Å². The van der Waals surface area contributed by atoms with Crippen molar-refractivity contribution in [1.82, 2.24) is 10.6 Å². The van der Waals surface area contributed by atoms with E-state index in [9.17, 15) is 9.59 Å². The fourth-order valence-electron chi connectivity index (χ4n) is 2.02. The quantitative estimate of drug-likeness (QED) is 0.678. The maximum Gasteiger partial charge on any atom is 0.407 e. The molecule has 2 amide bonds. The van der Waals surface area contributed by atoms with Gasteiger partial charge >= 0.3 is 12.2 Å². The average molecular weight is 344 g/mol. The predicted octanol–water partition coefficient (Wildman–Crippen LogP) is 4.23. The lowest BCUT2D eigenvalue weighted by Crippen LogP contribution is -2.41. The molecule has 0 fully saturated rings. The topological polar surface area (TPSA) is 76.7 Å². The molecule has 0 heterocycles. The summed E-state index contributed by atoms with van der Waals surface area (Å²) in [5.74, 6) is 0.316. The smallest absolute Gasteiger partial charge is 0.407 e. The highest BCUT2D eigenvalue weighted by atomic mass is 16.6. The van der Waals surface area contributed by atoms with Crippen LogP contribution in [-0.2, 0) is 9.47 Å². The predicted molar refractivity (Wildman–Crippen MR) is 96.1 cm³/mol. The van der Waals surface area contributed by atoms with Crippen LogP contribution in [0.1, 0.15) is 74.7 Å². The standard InChI is InChI=1S/C18H36N2O4/c1-13(2)14(20-16(22)24-18(6,7)8)11-9-10-12-19-15(21)23-17(3,4)5/h13-14H,9-12H2,1-8H3,(H,19,21)(H,20,22). The summed E-state index contributed by atoms with van der Waals surface area (Å²) in [7, 11) is 0. The van der Waals surface area contributed by atoms with E-state index in [4.69, 9.17) is 9.47 Å². The van der Waals surface area contributed by atoms with E-state index in [0.717, 1.165) is 19.3 Å². The van der Waals surface area contributed by atoms with Crippen molar-refractivity contribution in [1.29, 1.82) is 0 Å². The van der Waals surface area contributed by atoms with Crippen molar-refractivity contribution in [2.45, 2.75) is 91.9 Å². The molecule has 0 aliphatic rings. The van der Waals surface area contributed by atoms with Gasteiger partial charge in [-0.05, 0) is 66.7 Å². The highest BCUT2D eigenvalue weighted by Gasteiger charge is 2.21. The fourth-order valence-corrected chi connectivity index (χ4v) is 2.02. The second-order valence-electron chi connectivity index (χ2n) is 8.42. The van der Waals surface area contributed by atoms with Crippen LogP contribution in [0.4, 0.5) is 9.59 Å². The molecule has 0 saturated carbocycles. The normalized spacial score (nSPS) is 13.4. The summed E-state index contributed by atoms with van der Waals surface area (Å²) in [6.07, 6.45) is 1.79. The van der Waals surface area contributed by atoms with Gasteiger partial charge in [-0.2, -0.15) is 0 Å². The van der Waals surface area contributed by atoms with Crippen molar-refractivity contribution in [3.05, 3.63) is 0 Å². The van der Waals surface area contributed by atoms with Gasteiger partial charge in [0.25, 0.3) is 0 Å². The Labute approximate surface area is 147 Å². The van der Waals surface area contributed by atoms with Crippen LogP contribution in [0.3, 0.4) is 0 Å². The van der Waals surface area contributed by atoms with E-state index in [1.54, 1.807) is 0 Å². The molecule has 0 spiro atoms. The highest BCUT2D eigenvalue weighted by molar-refractivity contribution is 5.68. The SMILES string of the molecule is CC(C)C(CCCCNC(=O)OC(C)(C)C)NC(=O)OC(C)(C)C. The van der Waals surface area contributed by atoms with Gasteiger partial charge in [0, 0.05) is 12.6 Å². The average Bonchev–Trinajstić information content (AvgIpc) is 2.32. The van der Waals surface area contributed by atoms with Crippen LogP contribution in [-0.4, -0.2) is 36.0 Å². The summed E-state index contributed by atoms with van der Waals surface area (Å²) in [5, 5.41) is 5.67. The molecule has 0 aliphatic carbocycles. The van der Waals surface area contributed by atoms with Crippen LogP contribution in [0.5, 0.6) is 0 Å². The lowest BCUT2D eigenvalue weighted by Gasteiger charge is -2.26. The lowest BCUT2D eigenvalue weighted by molar-refractivity contribution is 0.0485. The second kappa shape index (κ2) is 9.74. The van der Waals surface area contributed by atoms with Gasteiger partial charge in [0.2, 0.25) is 0 Å². The van der Waals surface area contributed by atoms with Crippen molar-refractivity contribution in [2.75, 3.05) is 6.54 Å². The Morgan fingerprint density at radius 1 is 0.875 bits per heavy atom. The van der Waals surface area contributed by atoms with Crippen LogP contribution < -0.4 is 10.6 Å². The number of carbonyl (C=O) groups is 2. The van der Waals surface area contributed by atoms with Crippen molar-refractivity contribution >= 4 is 12.2 Å². The first kappa shape index (κ1) is 22.5. The maximum atomic E-state index is 11.9. The van der Waals surface area contributed by atoms with Gasteiger partial charge in [0.05, 0.1) is 0 Å². The van der Waals surface area contributed by atoms with E-state index in [-0.39, 0.29) is 12.1 Å². The number of amides is 2. The van der Waals surface area contributed by atoms with Crippen LogP contribution in [0.25, 0.3) is 0 Å². The summed E-state index contributed by atoms with van der Waals surface area (Å²) in [6.45, 7) is 15.7. The molecule has 0 aliphatic heterocycles. The van der Waals surface area contributed by atoms with E-state index in [0.29, 0.717) is 12.5 Å². The van der Waals surface area contributed by atoms with Gasteiger partial charge in [-0.1, -0.05) is 13.8 Å². The summed E-state index contributed by atoms with van der Waals surface area (Å²) in [6, 6.07) is 0.0568.